The summed E-state index contributed by atoms with van der Waals surface area (Å²) in [5.41, 5.74) is 10.2. The summed E-state index contributed by atoms with van der Waals surface area (Å²) in [6.45, 7) is 12.5. The Hall–Kier alpha value is -2.97. The monoisotopic (exact) mass is 672 g/mol. The molecule has 0 spiro atoms. The van der Waals surface area contributed by atoms with Gasteiger partial charge in [0.15, 0.2) is 0 Å². The number of fused-ring (bicyclic) bond motifs is 3. The quantitative estimate of drug-likeness (QED) is 0.260. The van der Waals surface area contributed by atoms with Gasteiger partial charge in [0.05, 0.1) is 0 Å². The van der Waals surface area contributed by atoms with Crippen molar-refractivity contribution >= 4 is 18.6 Å². The summed E-state index contributed by atoms with van der Waals surface area (Å²) in [4.78, 5) is 0. The number of halogens is 4. The molecule has 0 aliphatic heterocycles. The minimum atomic E-state index is -3.11. The zero-order valence-electron chi connectivity index (χ0n) is 23.5. The van der Waals surface area contributed by atoms with Crippen molar-refractivity contribution in [3.05, 3.63) is 158 Å². The van der Waals surface area contributed by atoms with Crippen LogP contribution >= 0.6 is 0 Å². The maximum atomic E-state index is 14.8. The molecule has 0 bridgehead atoms. The van der Waals surface area contributed by atoms with Crippen molar-refractivity contribution in [2.24, 2.45) is 5.92 Å². The Morgan fingerprint density at radius 1 is 0.810 bits per heavy atom. The van der Waals surface area contributed by atoms with Crippen LogP contribution in [0.3, 0.4) is 0 Å². The van der Waals surface area contributed by atoms with Gasteiger partial charge in [0.2, 0.25) is 0 Å². The molecule has 1 unspecified atom stereocenters. The standard InChI is InChI=1S/C17H13.C13H8F2.C7H9.2ClH.Zr/c1-3-12-5-7-14-11-15-8-6-13(4-2)10-17(15)16(14)9-12;14-12-5-1-3-10(8-12)7-11-4-2-6-13(15)9-11;1-6-3-4-7(2)5-6;;;/h3-7,9-10H,1-2,11H2;1-6,8-9H;3,5,7H,1-2H3;2*1H;/q;;;;;+2/p-2. The first-order valence-electron chi connectivity index (χ1n) is 13.6. The summed E-state index contributed by atoms with van der Waals surface area (Å²) in [6.07, 6.45) is 9.29. The number of hydrogen-bond donors (Lipinski definition) is 0. The minimum absolute atomic E-state index is 0. The Morgan fingerprint density at radius 3 is 1.98 bits per heavy atom. The van der Waals surface area contributed by atoms with Crippen LogP contribution in [-0.2, 0) is 27.7 Å². The average Bonchev–Trinajstić information content (AvgIpc) is 3.48. The van der Waals surface area contributed by atoms with E-state index < -0.39 is 21.3 Å². The second kappa shape index (κ2) is 13.1. The van der Waals surface area contributed by atoms with E-state index in [-0.39, 0.29) is 42.4 Å². The molecule has 0 aromatic heterocycles. The molecular formula is C37H30Cl2F2Zr. The zero-order valence-corrected chi connectivity index (χ0v) is 27.5. The smallest absolute Gasteiger partial charge is 1.00 e. The van der Waals surface area contributed by atoms with Gasteiger partial charge in [0, 0.05) is 0 Å². The third kappa shape index (κ3) is 5.93. The summed E-state index contributed by atoms with van der Waals surface area (Å²) in [5, 5.41) is 0. The molecule has 6 rings (SSSR count). The molecule has 2 aliphatic carbocycles. The van der Waals surface area contributed by atoms with Crippen molar-refractivity contribution < 1.29 is 54.9 Å². The van der Waals surface area contributed by atoms with E-state index in [4.69, 9.17) is 0 Å². The van der Waals surface area contributed by atoms with Crippen molar-refractivity contribution in [1.82, 2.24) is 0 Å². The first kappa shape index (κ1) is 32.0. The van der Waals surface area contributed by atoms with E-state index >= 15 is 0 Å². The zero-order chi connectivity index (χ0) is 28.0. The molecular weight excluding hydrogens is 645 g/mol. The van der Waals surface area contributed by atoms with Gasteiger partial charge in [-0.3, -0.25) is 0 Å². The molecule has 0 saturated heterocycles. The largest absolute Gasteiger partial charge is 1.00 e. The molecule has 0 nitrogen and oxygen atoms in total. The maximum Gasteiger partial charge on any atom is -1.00 e. The summed E-state index contributed by atoms with van der Waals surface area (Å²) in [6, 6.07) is 24.8. The van der Waals surface area contributed by atoms with Crippen LogP contribution < -0.4 is 28.1 Å². The third-order valence-corrected chi connectivity index (χ3v) is 15.9. The average molecular weight is 675 g/mol. The Labute approximate surface area is 267 Å². The van der Waals surface area contributed by atoms with Crippen LogP contribution in [0, 0.1) is 17.6 Å². The summed E-state index contributed by atoms with van der Waals surface area (Å²) in [5.74, 6) is -0.316. The molecule has 42 heavy (non-hydrogen) atoms. The van der Waals surface area contributed by atoms with Gasteiger partial charge in [0.25, 0.3) is 0 Å². The Kier molecular flexibility index (Phi) is 9.99. The fourth-order valence-electron chi connectivity index (χ4n) is 6.17. The van der Waals surface area contributed by atoms with Crippen molar-refractivity contribution in [2.45, 2.75) is 20.3 Å². The molecule has 1 atom stereocenters. The van der Waals surface area contributed by atoms with Crippen molar-refractivity contribution in [1.29, 1.82) is 0 Å². The minimum Gasteiger partial charge on any atom is -1.00 e. The van der Waals surface area contributed by atoms with Crippen LogP contribution in [0.25, 0.3) is 23.3 Å². The molecule has 0 saturated carbocycles. The Balaban J connectivity index is 0.00000202. The molecule has 0 fully saturated rings. The van der Waals surface area contributed by atoms with Gasteiger partial charge >= 0.3 is 244 Å². The van der Waals surface area contributed by atoms with E-state index in [0.717, 1.165) is 31.9 Å². The topological polar surface area (TPSA) is 0 Å². The molecule has 5 heteroatoms. The van der Waals surface area contributed by atoms with Gasteiger partial charge in [-0.2, -0.15) is 0 Å². The molecule has 4 aromatic rings. The van der Waals surface area contributed by atoms with Crippen LogP contribution in [0.5, 0.6) is 0 Å². The van der Waals surface area contributed by atoms with Gasteiger partial charge in [-0.15, -0.1) is 0 Å². The summed E-state index contributed by atoms with van der Waals surface area (Å²) >= 11 is -3.11. The number of hydrogen-bond acceptors (Lipinski definition) is 0. The predicted octanol–water partition coefficient (Wildman–Crippen LogP) is 2.82. The third-order valence-electron chi connectivity index (χ3n) is 7.96. The van der Waals surface area contributed by atoms with Gasteiger partial charge in [0.1, 0.15) is 0 Å². The molecule has 0 amide bonds. The molecule has 0 N–H and O–H groups in total. The first-order chi connectivity index (χ1) is 19.4. The fraction of sp³-hybridized carbons (Fsp3) is 0.108. The molecule has 0 heterocycles. The molecule has 2 aliphatic rings. The van der Waals surface area contributed by atoms with Crippen LogP contribution in [-0.4, -0.2) is 3.21 Å². The van der Waals surface area contributed by atoms with Crippen molar-refractivity contribution in [3.8, 4) is 11.1 Å². The van der Waals surface area contributed by atoms with E-state index in [9.17, 15) is 8.78 Å². The summed E-state index contributed by atoms with van der Waals surface area (Å²) in [7, 11) is 0. The van der Waals surface area contributed by atoms with E-state index in [1.54, 1.807) is 24.3 Å². The maximum absolute atomic E-state index is 14.8. The van der Waals surface area contributed by atoms with Crippen molar-refractivity contribution in [2.75, 3.05) is 0 Å². The molecule has 210 valence electrons. The van der Waals surface area contributed by atoms with Gasteiger partial charge in [-0.25, -0.2) is 0 Å². The fourth-order valence-corrected chi connectivity index (χ4v) is 14.8. The van der Waals surface area contributed by atoms with E-state index in [2.05, 4.69) is 69.5 Å². The Bertz CT molecular complexity index is 1770. The molecule has 0 radical (unpaired) electrons. The second-order valence-electron chi connectivity index (χ2n) is 10.7. The molecule has 4 aromatic carbocycles. The van der Waals surface area contributed by atoms with Crippen LogP contribution in [0.1, 0.15) is 47.2 Å². The summed E-state index contributed by atoms with van der Waals surface area (Å²) < 4.78 is 33.4. The normalized spacial score (nSPS) is 14.2. The SMILES string of the molecule is C=Cc1ccc2c(c1)-c1cc(C=C)c[c]([Zr+2]([C]3=CC(C)=CC3C)=[C](c3cccc(F)c3)c3cccc(F)c3)c1C2.[Cl-].[Cl-]. The van der Waals surface area contributed by atoms with Gasteiger partial charge < -0.3 is 24.8 Å². The number of rotatable bonds is 6. The Morgan fingerprint density at radius 2 is 1.43 bits per heavy atom. The predicted molar refractivity (Wildman–Crippen MR) is 162 cm³/mol. The van der Waals surface area contributed by atoms with E-state index in [1.165, 1.54) is 46.5 Å². The van der Waals surface area contributed by atoms with Gasteiger partial charge in [-0.1, -0.05) is 0 Å². The van der Waals surface area contributed by atoms with E-state index in [1.807, 2.05) is 24.3 Å². The van der Waals surface area contributed by atoms with Crippen LogP contribution in [0.4, 0.5) is 8.78 Å². The number of allylic oxidation sites excluding steroid dienone is 4. The first-order valence-corrected chi connectivity index (χ1v) is 17.3. The van der Waals surface area contributed by atoms with E-state index in [0.29, 0.717) is 0 Å². The van der Waals surface area contributed by atoms with Gasteiger partial charge in [-0.05, 0) is 0 Å². The van der Waals surface area contributed by atoms with Crippen LogP contribution in [0.15, 0.2) is 113 Å². The van der Waals surface area contributed by atoms with Crippen LogP contribution in [0.2, 0.25) is 0 Å². The second-order valence-corrected chi connectivity index (χ2v) is 16.5. The van der Waals surface area contributed by atoms with Crippen molar-refractivity contribution in [3.63, 3.8) is 0 Å². The number of benzene rings is 4.